The van der Waals surface area contributed by atoms with Crippen molar-refractivity contribution in [1.82, 2.24) is 19.9 Å². The van der Waals surface area contributed by atoms with Gasteiger partial charge in [0.05, 0.1) is 17.9 Å². The molecular weight excluding hydrogens is 224 g/mol. The Kier molecular flexibility index (Phi) is 4.10. The van der Waals surface area contributed by atoms with Gasteiger partial charge in [0.2, 0.25) is 0 Å². The Balaban J connectivity index is 2.14. The molecule has 1 unspecified atom stereocenters. The van der Waals surface area contributed by atoms with Gasteiger partial charge in [-0.2, -0.15) is 0 Å². The molecule has 0 aromatic carbocycles. The van der Waals surface area contributed by atoms with Crippen LogP contribution in [0.2, 0.25) is 0 Å². The third kappa shape index (κ3) is 2.96. The van der Waals surface area contributed by atoms with E-state index in [0.717, 1.165) is 30.3 Å². The van der Waals surface area contributed by atoms with Gasteiger partial charge in [-0.3, -0.25) is 4.98 Å². The van der Waals surface area contributed by atoms with Gasteiger partial charge in [-0.1, -0.05) is 13.0 Å². The van der Waals surface area contributed by atoms with Crippen LogP contribution in [0.15, 0.2) is 30.6 Å². The SMILES string of the molecule is CCNC(C)c1cn(Cc2ccccn2)c(C)n1. The first kappa shape index (κ1) is 12.8. The largest absolute Gasteiger partial charge is 0.329 e. The zero-order valence-electron chi connectivity index (χ0n) is 11.2. The molecule has 0 radical (unpaired) electrons. The maximum absolute atomic E-state index is 4.60. The molecule has 2 aromatic rings. The monoisotopic (exact) mass is 244 g/mol. The van der Waals surface area contributed by atoms with Crippen molar-refractivity contribution in [3.63, 3.8) is 0 Å². The van der Waals surface area contributed by atoms with E-state index in [2.05, 4.69) is 39.9 Å². The molecule has 96 valence electrons. The zero-order chi connectivity index (χ0) is 13.0. The molecule has 1 atom stereocenters. The van der Waals surface area contributed by atoms with E-state index in [4.69, 9.17) is 0 Å². The van der Waals surface area contributed by atoms with Crippen molar-refractivity contribution < 1.29 is 0 Å². The quantitative estimate of drug-likeness (QED) is 0.877. The van der Waals surface area contributed by atoms with E-state index in [1.807, 2.05) is 31.3 Å². The van der Waals surface area contributed by atoms with Crippen LogP contribution in [0, 0.1) is 6.92 Å². The van der Waals surface area contributed by atoms with Crippen LogP contribution in [0.5, 0.6) is 0 Å². The molecule has 0 saturated heterocycles. The Morgan fingerprint density at radius 3 is 2.89 bits per heavy atom. The van der Waals surface area contributed by atoms with Crippen molar-refractivity contribution >= 4 is 0 Å². The molecule has 4 nitrogen and oxygen atoms in total. The van der Waals surface area contributed by atoms with Crippen molar-refractivity contribution in [3.05, 3.63) is 47.8 Å². The van der Waals surface area contributed by atoms with E-state index in [0.29, 0.717) is 6.04 Å². The number of rotatable bonds is 5. The number of aryl methyl sites for hydroxylation is 1. The molecule has 0 spiro atoms. The molecule has 2 heterocycles. The summed E-state index contributed by atoms with van der Waals surface area (Å²) in [5.74, 6) is 1.03. The lowest BCUT2D eigenvalue weighted by Gasteiger charge is -2.08. The third-order valence-corrected chi connectivity index (χ3v) is 3.01. The molecule has 0 bridgehead atoms. The average Bonchev–Trinajstić information content (AvgIpc) is 2.73. The highest BCUT2D eigenvalue weighted by Crippen LogP contribution is 2.13. The van der Waals surface area contributed by atoms with Crippen molar-refractivity contribution in [2.45, 2.75) is 33.4 Å². The van der Waals surface area contributed by atoms with Crippen LogP contribution in [-0.2, 0) is 6.54 Å². The van der Waals surface area contributed by atoms with E-state index in [-0.39, 0.29) is 0 Å². The number of imidazole rings is 1. The lowest BCUT2D eigenvalue weighted by molar-refractivity contribution is 0.584. The van der Waals surface area contributed by atoms with Crippen LogP contribution in [0.25, 0.3) is 0 Å². The summed E-state index contributed by atoms with van der Waals surface area (Å²) in [6, 6.07) is 6.27. The van der Waals surface area contributed by atoms with E-state index < -0.39 is 0 Å². The fourth-order valence-electron chi connectivity index (χ4n) is 1.98. The summed E-state index contributed by atoms with van der Waals surface area (Å²) in [6.07, 6.45) is 3.93. The number of hydrogen-bond acceptors (Lipinski definition) is 3. The van der Waals surface area contributed by atoms with E-state index in [9.17, 15) is 0 Å². The van der Waals surface area contributed by atoms with Crippen LogP contribution < -0.4 is 5.32 Å². The second-order valence-corrected chi connectivity index (χ2v) is 4.44. The normalized spacial score (nSPS) is 12.6. The Morgan fingerprint density at radius 2 is 2.22 bits per heavy atom. The summed E-state index contributed by atoms with van der Waals surface area (Å²) in [5.41, 5.74) is 2.14. The fraction of sp³-hybridized carbons (Fsp3) is 0.429. The highest BCUT2D eigenvalue weighted by Gasteiger charge is 2.10. The van der Waals surface area contributed by atoms with Gasteiger partial charge in [-0.15, -0.1) is 0 Å². The Labute approximate surface area is 108 Å². The predicted molar refractivity (Wildman–Crippen MR) is 72.4 cm³/mol. The minimum atomic E-state index is 0.290. The minimum absolute atomic E-state index is 0.290. The van der Waals surface area contributed by atoms with Crippen LogP contribution >= 0.6 is 0 Å². The maximum Gasteiger partial charge on any atom is 0.106 e. The molecular formula is C14H20N4. The molecule has 0 amide bonds. The first-order valence-electron chi connectivity index (χ1n) is 6.37. The maximum atomic E-state index is 4.60. The van der Waals surface area contributed by atoms with Crippen molar-refractivity contribution in [3.8, 4) is 0 Å². The third-order valence-electron chi connectivity index (χ3n) is 3.01. The summed E-state index contributed by atoms with van der Waals surface area (Å²) >= 11 is 0. The van der Waals surface area contributed by atoms with Crippen LogP contribution in [0.4, 0.5) is 0 Å². The van der Waals surface area contributed by atoms with Gasteiger partial charge < -0.3 is 9.88 Å². The van der Waals surface area contributed by atoms with E-state index >= 15 is 0 Å². The Hall–Kier alpha value is -1.68. The molecule has 4 heteroatoms. The lowest BCUT2D eigenvalue weighted by atomic mass is 10.2. The highest BCUT2D eigenvalue weighted by molar-refractivity contribution is 5.11. The van der Waals surface area contributed by atoms with Gasteiger partial charge >= 0.3 is 0 Å². The number of aromatic nitrogens is 3. The van der Waals surface area contributed by atoms with Crippen molar-refractivity contribution in [2.75, 3.05) is 6.54 Å². The van der Waals surface area contributed by atoms with Crippen LogP contribution in [-0.4, -0.2) is 21.1 Å². The Morgan fingerprint density at radius 1 is 1.39 bits per heavy atom. The number of nitrogens with one attached hydrogen (secondary N) is 1. The van der Waals surface area contributed by atoms with Crippen molar-refractivity contribution in [1.29, 1.82) is 0 Å². The molecule has 0 saturated carbocycles. The molecule has 0 aliphatic heterocycles. The second-order valence-electron chi connectivity index (χ2n) is 4.44. The van der Waals surface area contributed by atoms with Gasteiger partial charge in [-0.25, -0.2) is 4.98 Å². The first-order chi connectivity index (χ1) is 8.70. The van der Waals surface area contributed by atoms with Gasteiger partial charge in [0.1, 0.15) is 5.82 Å². The predicted octanol–water partition coefficient (Wildman–Crippen LogP) is 2.31. The van der Waals surface area contributed by atoms with Gasteiger partial charge in [0.15, 0.2) is 0 Å². The molecule has 0 aliphatic rings. The lowest BCUT2D eigenvalue weighted by Crippen LogP contribution is -2.17. The van der Waals surface area contributed by atoms with Crippen LogP contribution in [0.1, 0.15) is 37.1 Å². The number of hydrogen-bond donors (Lipinski definition) is 1. The summed E-state index contributed by atoms with van der Waals surface area (Å²) in [7, 11) is 0. The fourth-order valence-corrected chi connectivity index (χ4v) is 1.98. The number of nitrogens with zero attached hydrogens (tertiary/aromatic N) is 3. The smallest absolute Gasteiger partial charge is 0.106 e. The summed E-state index contributed by atoms with van der Waals surface area (Å²) in [4.78, 5) is 8.94. The Bertz CT molecular complexity index is 490. The standard InChI is InChI=1S/C14H20N4/c1-4-15-11(2)14-10-18(12(3)17-14)9-13-7-5-6-8-16-13/h5-8,10-11,15H,4,9H2,1-3H3. The molecule has 2 rings (SSSR count). The van der Waals surface area contributed by atoms with E-state index in [1.165, 1.54) is 0 Å². The second kappa shape index (κ2) is 5.78. The topological polar surface area (TPSA) is 42.7 Å². The van der Waals surface area contributed by atoms with Gasteiger partial charge in [-0.05, 0) is 32.5 Å². The van der Waals surface area contributed by atoms with Gasteiger partial charge in [0, 0.05) is 18.4 Å². The molecule has 2 aromatic heterocycles. The molecule has 0 aliphatic carbocycles. The average molecular weight is 244 g/mol. The summed E-state index contributed by atoms with van der Waals surface area (Å²) in [5, 5.41) is 3.37. The molecule has 1 N–H and O–H groups in total. The number of pyridine rings is 1. The zero-order valence-corrected chi connectivity index (χ0v) is 11.2. The van der Waals surface area contributed by atoms with Gasteiger partial charge in [0.25, 0.3) is 0 Å². The summed E-state index contributed by atoms with van der Waals surface area (Å²) in [6.45, 7) is 8.00. The molecule has 18 heavy (non-hydrogen) atoms. The highest BCUT2D eigenvalue weighted by atomic mass is 15.1. The first-order valence-corrected chi connectivity index (χ1v) is 6.37. The van der Waals surface area contributed by atoms with Crippen molar-refractivity contribution in [2.24, 2.45) is 0 Å². The van der Waals surface area contributed by atoms with Crippen LogP contribution in [0.3, 0.4) is 0 Å². The summed E-state index contributed by atoms with van der Waals surface area (Å²) < 4.78 is 2.14. The minimum Gasteiger partial charge on any atom is -0.329 e. The van der Waals surface area contributed by atoms with E-state index in [1.54, 1.807) is 0 Å². The molecule has 0 fully saturated rings.